The molecule has 3 heteroatoms. The van der Waals surface area contributed by atoms with Gasteiger partial charge in [-0.3, -0.25) is 0 Å². The summed E-state index contributed by atoms with van der Waals surface area (Å²) in [5.41, 5.74) is 3.42. The first-order valence-corrected chi connectivity index (χ1v) is 6.17. The fourth-order valence-electron chi connectivity index (χ4n) is 1.77. The highest BCUT2D eigenvalue weighted by atomic mass is 35.5. The third-order valence-corrected chi connectivity index (χ3v) is 3.05. The van der Waals surface area contributed by atoms with Crippen LogP contribution in [0.4, 0.5) is 11.4 Å². The summed E-state index contributed by atoms with van der Waals surface area (Å²) in [4.78, 5) is 0. The number of nitriles is 1. The highest BCUT2D eigenvalue weighted by Gasteiger charge is 2.06. The van der Waals surface area contributed by atoms with Crippen molar-refractivity contribution < 1.29 is 0 Å². The van der Waals surface area contributed by atoms with Crippen LogP contribution in [0.3, 0.4) is 0 Å². The zero-order valence-corrected chi connectivity index (χ0v) is 10.8. The van der Waals surface area contributed by atoms with Crippen LogP contribution in [0.25, 0.3) is 0 Å². The second-order valence-electron chi connectivity index (χ2n) is 3.95. The molecular formula is C15H13ClN2. The summed E-state index contributed by atoms with van der Waals surface area (Å²) < 4.78 is 0. The van der Waals surface area contributed by atoms with Gasteiger partial charge in [-0.05, 0) is 36.2 Å². The van der Waals surface area contributed by atoms with E-state index in [2.05, 4.69) is 30.4 Å². The minimum absolute atomic E-state index is 0.467. The third-order valence-electron chi connectivity index (χ3n) is 2.74. The highest BCUT2D eigenvalue weighted by Crippen LogP contribution is 2.26. The van der Waals surface area contributed by atoms with Gasteiger partial charge in [-0.1, -0.05) is 36.7 Å². The van der Waals surface area contributed by atoms with Crippen LogP contribution in [-0.4, -0.2) is 0 Å². The first kappa shape index (κ1) is 12.5. The molecule has 0 aromatic heterocycles. The Balaban J connectivity index is 2.34. The molecule has 0 aliphatic heterocycles. The van der Waals surface area contributed by atoms with E-state index in [9.17, 15) is 0 Å². The standard InChI is InChI=1S/C15H13ClN2/c1-2-11-5-3-6-12(9-11)18-15-8-4-7-14(16)13(15)10-17/h3-9,18H,2H2,1H3. The van der Waals surface area contributed by atoms with Gasteiger partial charge in [0.2, 0.25) is 0 Å². The van der Waals surface area contributed by atoms with Gasteiger partial charge in [-0.2, -0.15) is 5.26 Å². The summed E-state index contributed by atoms with van der Waals surface area (Å²) in [6.07, 6.45) is 0.982. The average Bonchev–Trinajstić information content (AvgIpc) is 2.39. The molecule has 0 radical (unpaired) electrons. The Hall–Kier alpha value is -1.98. The Morgan fingerprint density at radius 1 is 1.22 bits per heavy atom. The zero-order valence-electron chi connectivity index (χ0n) is 10.1. The van der Waals surface area contributed by atoms with E-state index in [0.29, 0.717) is 10.6 Å². The van der Waals surface area contributed by atoms with E-state index in [4.69, 9.17) is 16.9 Å². The molecule has 2 aromatic carbocycles. The summed E-state index contributed by atoms with van der Waals surface area (Å²) in [6.45, 7) is 2.11. The van der Waals surface area contributed by atoms with Crippen LogP contribution in [0, 0.1) is 11.3 Å². The van der Waals surface area contributed by atoms with Crippen molar-refractivity contribution in [1.29, 1.82) is 5.26 Å². The Morgan fingerprint density at radius 2 is 2.00 bits per heavy atom. The Bertz CT molecular complexity index is 600. The maximum atomic E-state index is 9.10. The Kier molecular flexibility index (Phi) is 3.86. The predicted octanol–water partition coefficient (Wildman–Crippen LogP) is 4.52. The van der Waals surface area contributed by atoms with Gasteiger partial charge in [0.1, 0.15) is 6.07 Å². The molecule has 18 heavy (non-hydrogen) atoms. The normalized spacial score (nSPS) is 9.83. The van der Waals surface area contributed by atoms with Crippen molar-refractivity contribution in [1.82, 2.24) is 0 Å². The summed E-state index contributed by atoms with van der Waals surface area (Å²) in [6, 6.07) is 15.6. The number of hydrogen-bond acceptors (Lipinski definition) is 2. The third kappa shape index (κ3) is 2.64. The lowest BCUT2D eigenvalue weighted by atomic mass is 10.1. The molecule has 0 aliphatic rings. The second kappa shape index (κ2) is 5.57. The number of halogens is 1. The lowest BCUT2D eigenvalue weighted by molar-refractivity contribution is 1.14. The average molecular weight is 257 g/mol. The van der Waals surface area contributed by atoms with Crippen molar-refractivity contribution >= 4 is 23.0 Å². The first-order valence-electron chi connectivity index (χ1n) is 5.79. The van der Waals surface area contributed by atoms with Gasteiger partial charge < -0.3 is 5.32 Å². The maximum absolute atomic E-state index is 9.10. The summed E-state index contributed by atoms with van der Waals surface area (Å²) >= 11 is 5.99. The van der Waals surface area contributed by atoms with E-state index in [-0.39, 0.29) is 0 Å². The fraction of sp³-hybridized carbons (Fsp3) is 0.133. The topological polar surface area (TPSA) is 35.8 Å². The summed E-state index contributed by atoms with van der Waals surface area (Å²) in [5, 5.41) is 12.8. The van der Waals surface area contributed by atoms with Crippen molar-refractivity contribution in [3.05, 3.63) is 58.6 Å². The summed E-state index contributed by atoms with van der Waals surface area (Å²) in [7, 11) is 0. The molecule has 2 rings (SSSR count). The lowest BCUT2D eigenvalue weighted by Crippen LogP contribution is -1.95. The number of nitrogens with zero attached hydrogens (tertiary/aromatic N) is 1. The maximum Gasteiger partial charge on any atom is 0.103 e. The van der Waals surface area contributed by atoms with Crippen molar-refractivity contribution in [3.63, 3.8) is 0 Å². The van der Waals surface area contributed by atoms with Gasteiger partial charge in [0, 0.05) is 5.69 Å². The number of hydrogen-bond donors (Lipinski definition) is 1. The largest absolute Gasteiger partial charge is 0.354 e. The van der Waals surface area contributed by atoms with Crippen molar-refractivity contribution in [2.24, 2.45) is 0 Å². The number of anilines is 2. The zero-order chi connectivity index (χ0) is 13.0. The van der Waals surface area contributed by atoms with E-state index in [1.807, 2.05) is 24.3 Å². The SMILES string of the molecule is CCc1cccc(Nc2cccc(Cl)c2C#N)c1. The molecule has 0 aliphatic carbocycles. The summed E-state index contributed by atoms with van der Waals surface area (Å²) in [5.74, 6) is 0. The number of nitrogens with one attached hydrogen (secondary N) is 1. The van der Waals surface area contributed by atoms with Gasteiger partial charge in [-0.15, -0.1) is 0 Å². The van der Waals surface area contributed by atoms with Gasteiger partial charge in [-0.25, -0.2) is 0 Å². The minimum atomic E-state index is 0.467. The van der Waals surface area contributed by atoms with E-state index in [0.717, 1.165) is 17.8 Å². The van der Waals surface area contributed by atoms with Crippen molar-refractivity contribution in [2.45, 2.75) is 13.3 Å². The number of aryl methyl sites for hydroxylation is 1. The van der Waals surface area contributed by atoms with Gasteiger partial charge in [0.05, 0.1) is 16.3 Å². The second-order valence-corrected chi connectivity index (χ2v) is 4.36. The minimum Gasteiger partial charge on any atom is -0.354 e. The molecule has 0 fully saturated rings. The molecule has 0 amide bonds. The molecule has 0 saturated heterocycles. The molecule has 0 saturated carbocycles. The van der Waals surface area contributed by atoms with Crippen LogP contribution in [0.15, 0.2) is 42.5 Å². The van der Waals surface area contributed by atoms with E-state index < -0.39 is 0 Å². The van der Waals surface area contributed by atoms with Crippen LogP contribution in [0.2, 0.25) is 5.02 Å². The number of benzene rings is 2. The van der Waals surface area contributed by atoms with Gasteiger partial charge in [0.25, 0.3) is 0 Å². The van der Waals surface area contributed by atoms with Crippen LogP contribution in [0.5, 0.6) is 0 Å². The van der Waals surface area contributed by atoms with Gasteiger partial charge >= 0.3 is 0 Å². The Morgan fingerprint density at radius 3 is 2.72 bits per heavy atom. The molecular weight excluding hydrogens is 244 g/mol. The number of rotatable bonds is 3. The highest BCUT2D eigenvalue weighted by molar-refractivity contribution is 6.32. The molecule has 1 N–H and O–H groups in total. The molecule has 0 bridgehead atoms. The quantitative estimate of drug-likeness (QED) is 0.877. The monoisotopic (exact) mass is 256 g/mol. The smallest absolute Gasteiger partial charge is 0.103 e. The predicted molar refractivity (Wildman–Crippen MR) is 75.3 cm³/mol. The Labute approximate surface area is 112 Å². The van der Waals surface area contributed by atoms with E-state index in [1.54, 1.807) is 6.07 Å². The molecule has 0 unspecified atom stereocenters. The molecule has 90 valence electrons. The molecule has 0 heterocycles. The van der Waals surface area contributed by atoms with Crippen LogP contribution < -0.4 is 5.32 Å². The van der Waals surface area contributed by atoms with Crippen LogP contribution in [-0.2, 0) is 6.42 Å². The van der Waals surface area contributed by atoms with E-state index >= 15 is 0 Å². The first-order chi connectivity index (χ1) is 8.74. The lowest BCUT2D eigenvalue weighted by Gasteiger charge is -2.10. The van der Waals surface area contributed by atoms with Crippen molar-refractivity contribution in [2.75, 3.05) is 5.32 Å². The van der Waals surface area contributed by atoms with Crippen molar-refractivity contribution in [3.8, 4) is 6.07 Å². The molecule has 2 aromatic rings. The fourth-order valence-corrected chi connectivity index (χ4v) is 1.98. The molecule has 0 spiro atoms. The van der Waals surface area contributed by atoms with Gasteiger partial charge in [0.15, 0.2) is 0 Å². The van der Waals surface area contributed by atoms with Crippen LogP contribution in [0.1, 0.15) is 18.1 Å². The van der Waals surface area contributed by atoms with Crippen LogP contribution >= 0.6 is 11.6 Å². The molecule has 0 atom stereocenters. The molecule has 2 nitrogen and oxygen atoms in total. The van der Waals surface area contributed by atoms with E-state index in [1.165, 1.54) is 5.56 Å².